The monoisotopic (exact) mass is 298 g/mol. The van der Waals surface area contributed by atoms with Gasteiger partial charge in [-0.2, -0.15) is 15.0 Å². The fourth-order valence-electron chi connectivity index (χ4n) is 2.56. The van der Waals surface area contributed by atoms with Gasteiger partial charge in [0.2, 0.25) is 17.2 Å². The molecular weight excluding hydrogens is 276 g/mol. The highest BCUT2D eigenvalue weighted by molar-refractivity contribution is 6.28. The molecule has 1 atom stereocenters. The van der Waals surface area contributed by atoms with Crippen LogP contribution in [0, 0.1) is 0 Å². The summed E-state index contributed by atoms with van der Waals surface area (Å²) in [4.78, 5) is 17.5. The van der Waals surface area contributed by atoms with E-state index in [2.05, 4.69) is 44.0 Å². The summed E-state index contributed by atoms with van der Waals surface area (Å²) in [6.07, 6.45) is 2.16. The molecule has 1 unspecified atom stereocenters. The average molecular weight is 299 g/mol. The zero-order valence-electron chi connectivity index (χ0n) is 12.4. The van der Waals surface area contributed by atoms with E-state index >= 15 is 0 Å². The van der Waals surface area contributed by atoms with Gasteiger partial charge >= 0.3 is 0 Å². The summed E-state index contributed by atoms with van der Waals surface area (Å²) in [5, 5.41) is 3.35. The van der Waals surface area contributed by atoms with E-state index in [1.165, 1.54) is 0 Å². The van der Waals surface area contributed by atoms with Crippen LogP contribution in [0.2, 0.25) is 5.28 Å². The second kappa shape index (κ2) is 7.04. The maximum absolute atomic E-state index is 6.03. The summed E-state index contributed by atoms with van der Waals surface area (Å²) in [5.74, 6) is 1.23. The van der Waals surface area contributed by atoms with E-state index in [0.717, 1.165) is 39.0 Å². The maximum Gasteiger partial charge on any atom is 0.231 e. The summed E-state index contributed by atoms with van der Waals surface area (Å²) in [6.45, 7) is 8.05. The lowest BCUT2D eigenvalue weighted by Gasteiger charge is -2.30. The van der Waals surface area contributed by atoms with Crippen molar-refractivity contribution in [3.63, 3.8) is 0 Å². The van der Waals surface area contributed by atoms with Gasteiger partial charge in [-0.05, 0) is 45.0 Å². The Kier molecular flexibility index (Phi) is 5.37. The standard InChI is InChI=1S/C13H23ClN6/c1-4-10-9-19(3)7-6-8-20(10)13-17-11(14)16-12(18-13)15-5-2/h10H,4-9H2,1-3H3,(H,15,16,17,18). The summed E-state index contributed by atoms with van der Waals surface area (Å²) < 4.78 is 0. The molecule has 1 aromatic heterocycles. The first-order valence-corrected chi connectivity index (χ1v) is 7.62. The van der Waals surface area contributed by atoms with Gasteiger partial charge in [0.25, 0.3) is 0 Å². The lowest BCUT2D eigenvalue weighted by atomic mass is 10.2. The smallest absolute Gasteiger partial charge is 0.231 e. The van der Waals surface area contributed by atoms with Crippen LogP contribution < -0.4 is 10.2 Å². The first kappa shape index (κ1) is 15.3. The van der Waals surface area contributed by atoms with Gasteiger partial charge in [0.1, 0.15) is 0 Å². The minimum Gasteiger partial charge on any atom is -0.354 e. The topological polar surface area (TPSA) is 57.2 Å². The van der Waals surface area contributed by atoms with Crippen molar-refractivity contribution >= 4 is 23.5 Å². The Morgan fingerprint density at radius 1 is 1.25 bits per heavy atom. The first-order chi connectivity index (χ1) is 9.63. The minimum atomic E-state index is 0.249. The van der Waals surface area contributed by atoms with Crippen LogP contribution in [0.4, 0.5) is 11.9 Å². The zero-order chi connectivity index (χ0) is 14.5. The van der Waals surface area contributed by atoms with E-state index in [9.17, 15) is 0 Å². The Labute approximate surface area is 125 Å². The van der Waals surface area contributed by atoms with Gasteiger partial charge in [-0.25, -0.2) is 0 Å². The van der Waals surface area contributed by atoms with Crippen LogP contribution in [0.25, 0.3) is 0 Å². The molecule has 1 saturated heterocycles. The molecule has 0 spiro atoms. The molecule has 2 rings (SSSR count). The Morgan fingerprint density at radius 2 is 2.05 bits per heavy atom. The number of rotatable bonds is 4. The highest BCUT2D eigenvalue weighted by atomic mass is 35.5. The van der Waals surface area contributed by atoms with Crippen LogP contribution in [0.1, 0.15) is 26.7 Å². The molecule has 6 nitrogen and oxygen atoms in total. The van der Waals surface area contributed by atoms with Gasteiger partial charge < -0.3 is 15.1 Å². The number of halogens is 1. The third-order valence-corrected chi connectivity index (χ3v) is 3.73. The third kappa shape index (κ3) is 3.70. The number of anilines is 2. The Balaban J connectivity index is 2.27. The van der Waals surface area contributed by atoms with Crippen molar-refractivity contribution in [2.45, 2.75) is 32.7 Å². The van der Waals surface area contributed by atoms with Gasteiger partial charge in [-0.15, -0.1) is 0 Å². The number of nitrogens with zero attached hydrogens (tertiary/aromatic N) is 5. The number of likely N-dealkylation sites (N-methyl/N-ethyl adjacent to an activating group) is 1. The molecule has 7 heteroatoms. The van der Waals surface area contributed by atoms with Gasteiger partial charge in [-0.1, -0.05) is 6.92 Å². The molecule has 0 saturated carbocycles. The molecule has 0 amide bonds. The first-order valence-electron chi connectivity index (χ1n) is 7.24. The van der Waals surface area contributed by atoms with Crippen molar-refractivity contribution in [2.24, 2.45) is 0 Å². The van der Waals surface area contributed by atoms with E-state index in [1.807, 2.05) is 6.92 Å². The molecule has 0 aliphatic carbocycles. The number of nitrogens with one attached hydrogen (secondary N) is 1. The summed E-state index contributed by atoms with van der Waals surface area (Å²) >= 11 is 6.03. The van der Waals surface area contributed by atoms with Gasteiger partial charge in [0.05, 0.1) is 0 Å². The molecule has 1 aliphatic rings. The fraction of sp³-hybridized carbons (Fsp3) is 0.769. The Bertz CT molecular complexity index is 441. The van der Waals surface area contributed by atoms with Crippen molar-refractivity contribution in [2.75, 3.05) is 43.4 Å². The molecule has 20 heavy (non-hydrogen) atoms. The Morgan fingerprint density at radius 3 is 2.75 bits per heavy atom. The maximum atomic E-state index is 6.03. The number of hydrogen-bond acceptors (Lipinski definition) is 6. The Hall–Kier alpha value is -1.14. The summed E-state index contributed by atoms with van der Waals surface area (Å²) in [7, 11) is 2.16. The van der Waals surface area contributed by atoms with Crippen molar-refractivity contribution in [3.05, 3.63) is 5.28 Å². The minimum absolute atomic E-state index is 0.249. The quantitative estimate of drug-likeness (QED) is 0.916. The van der Waals surface area contributed by atoms with Crippen molar-refractivity contribution < 1.29 is 0 Å². The molecule has 1 aliphatic heterocycles. The predicted octanol–water partition coefficient (Wildman–Crippen LogP) is 1.88. The van der Waals surface area contributed by atoms with Crippen LogP contribution >= 0.6 is 11.6 Å². The highest BCUT2D eigenvalue weighted by Crippen LogP contribution is 2.20. The molecule has 2 heterocycles. The molecule has 112 valence electrons. The van der Waals surface area contributed by atoms with Crippen molar-refractivity contribution in [1.82, 2.24) is 19.9 Å². The number of aromatic nitrogens is 3. The van der Waals surface area contributed by atoms with Crippen LogP contribution in [0.5, 0.6) is 0 Å². The van der Waals surface area contributed by atoms with Crippen molar-refractivity contribution in [3.8, 4) is 0 Å². The van der Waals surface area contributed by atoms with Crippen LogP contribution in [0.3, 0.4) is 0 Å². The van der Waals surface area contributed by atoms with Crippen LogP contribution in [-0.2, 0) is 0 Å². The predicted molar refractivity (Wildman–Crippen MR) is 82.5 cm³/mol. The van der Waals surface area contributed by atoms with Gasteiger partial charge in [-0.3, -0.25) is 0 Å². The number of hydrogen-bond donors (Lipinski definition) is 1. The summed E-state index contributed by atoms with van der Waals surface area (Å²) in [5.41, 5.74) is 0. The SMILES string of the molecule is CCNc1nc(Cl)nc(N2CCCN(C)CC2CC)n1. The molecule has 0 bridgehead atoms. The molecular formula is C13H23ClN6. The van der Waals surface area contributed by atoms with Crippen LogP contribution in [0.15, 0.2) is 0 Å². The largest absolute Gasteiger partial charge is 0.354 e. The zero-order valence-corrected chi connectivity index (χ0v) is 13.2. The molecule has 1 aromatic rings. The summed E-state index contributed by atoms with van der Waals surface area (Å²) in [6, 6.07) is 0.412. The van der Waals surface area contributed by atoms with Gasteiger partial charge in [0, 0.05) is 25.7 Å². The van der Waals surface area contributed by atoms with E-state index in [1.54, 1.807) is 0 Å². The van der Waals surface area contributed by atoms with E-state index in [0.29, 0.717) is 17.9 Å². The molecule has 0 aromatic carbocycles. The second-order valence-electron chi connectivity index (χ2n) is 5.13. The lowest BCUT2D eigenvalue weighted by Crippen LogP contribution is -2.41. The van der Waals surface area contributed by atoms with E-state index in [-0.39, 0.29) is 5.28 Å². The second-order valence-corrected chi connectivity index (χ2v) is 5.47. The molecule has 1 N–H and O–H groups in total. The average Bonchev–Trinajstić information content (AvgIpc) is 2.59. The highest BCUT2D eigenvalue weighted by Gasteiger charge is 2.24. The van der Waals surface area contributed by atoms with E-state index in [4.69, 9.17) is 11.6 Å². The normalized spacial score (nSPS) is 20.8. The van der Waals surface area contributed by atoms with Crippen LogP contribution in [-0.4, -0.2) is 59.1 Å². The van der Waals surface area contributed by atoms with E-state index < -0.39 is 0 Å². The lowest BCUT2D eigenvalue weighted by molar-refractivity contribution is 0.327. The van der Waals surface area contributed by atoms with Gasteiger partial charge in [0.15, 0.2) is 0 Å². The fourth-order valence-corrected chi connectivity index (χ4v) is 2.72. The molecule has 0 radical (unpaired) electrons. The molecule has 1 fully saturated rings. The third-order valence-electron chi connectivity index (χ3n) is 3.56. The van der Waals surface area contributed by atoms with Crippen molar-refractivity contribution in [1.29, 1.82) is 0 Å².